The second-order valence-corrected chi connectivity index (χ2v) is 7.65. The predicted molar refractivity (Wildman–Crippen MR) is 105 cm³/mol. The molecule has 3 heterocycles. The summed E-state index contributed by atoms with van der Waals surface area (Å²) in [7, 11) is 1.89. The number of carbonyl (C=O) groups is 2. The minimum absolute atomic E-state index is 0.239. The highest BCUT2D eigenvalue weighted by Crippen LogP contribution is 2.30. The van der Waals surface area contributed by atoms with Crippen molar-refractivity contribution in [2.45, 2.75) is 26.3 Å². The highest BCUT2D eigenvalue weighted by atomic mass is 16.2. The second kappa shape index (κ2) is 6.84. The number of amides is 3. The largest absolute Gasteiger partial charge is 0.369 e. The van der Waals surface area contributed by atoms with Crippen LogP contribution in [0.15, 0.2) is 18.2 Å². The Balaban J connectivity index is 1.65. The number of aryl methyl sites for hydroxylation is 1. The van der Waals surface area contributed by atoms with Gasteiger partial charge in [0, 0.05) is 56.8 Å². The Morgan fingerprint density at radius 3 is 2.78 bits per heavy atom. The highest BCUT2D eigenvalue weighted by Gasteiger charge is 2.28. The number of hydrogen-bond donors (Lipinski definition) is 2. The molecule has 1 aromatic heterocycles. The summed E-state index contributed by atoms with van der Waals surface area (Å²) >= 11 is 0. The summed E-state index contributed by atoms with van der Waals surface area (Å²) in [4.78, 5) is 27.6. The number of urea groups is 1. The van der Waals surface area contributed by atoms with Crippen LogP contribution >= 0.6 is 0 Å². The van der Waals surface area contributed by atoms with Crippen LogP contribution in [0.5, 0.6) is 0 Å². The van der Waals surface area contributed by atoms with Crippen molar-refractivity contribution in [3.63, 3.8) is 0 Å². The van der Waals surface area contributed by atoms with E-state index in [1.165, 1.54) is 5.69 Å². The van der Waals surface area contributed by atoms with E-state index in [0.29, 0.717) is 30.7 Å². The van der Waals surface area contributed by atoms with E-state index in [2.05, 4.69) is 46.6 Å². The van der Waals surface area contributed by atoms with Gasteiger partial charge in [0.1, 0.15) is 0 Å². The van der Waals surface area contributed by atoms with Crippen LogP contribution in [-0.4, -0.2) is 53.9 Å². The Morgan fingerprint density at radius 1 is 1.22 bits per heavy atom. The normalized spacial score (nSPS) is 21.3. The molecule has 8 heteroatoms. The number of anilines is 2. The van der Waals surface area contributed by atoms with Gasteiger partial charge in [-0.05, 0) is 24.1 Å². The van der Waals surface area contributed by atoms with Crippen LogP contribution in [0, 0.1) is 5.92 Å². The van der Waals surface area contributed by atoms with Gasteiger partial charge in [-0.3, -0.25) is 19.7 Å². The molecule has 2 fully saturated rings. The lowest BCUT2D eigenvalue weighted by Crippen LogP contribution is -2.53. The monoisotopic (exact) mass is 370 g/mol. The number of nitrogens with zero attached hydrogens (tertiary/aromatic N) is 4. The molecule has 1 aromatic carbocycles. The van der Waals surface area contributed by atoms with Crippen molar-refractivity contribution in [3.05, 3.63) is 18.2 Å². The summed E-state index contributed by atoms with van der Waals surface area (Å²) in [6, 6.07) is 6.34. The summed E-state index contributed by atoms with van der Waals surface area (Å²) in [5.41, 5.74) is 2.15. The van der Waals surface area contributed by atoms with Crippen LogP contribution in [0.25, 0.3) is 10.9 Å². The number of piperazine rings is 1. The van der Waals surface area contributed by atoms with Crippen LogP contribution in [0.4, 0.5) is 16.3 Å². The molecule has 2 N–H and O–H groups in total. The quantitative estimate of drug-likeness (QED) is 0.855. The highest BCUT2D eigenvalue weighted by molar-refractivity contribution is 6.09. The molecular formula is C19H26N6O2. The molecule has 4 rings (SSSR count). The van der Waals surface area contributed by atoms with Gasteiger partial charge < -0.3 is 10.2 Å². The molecule has 27 heavy (non-hydrogen) atoms. The Labute approximate surface area is 158 Å². The van der Waals surface area contributed by atoms with E-state index in [-0.39, 0.29) is 5.91 Å². The van der Waals surface area contributed by atoms with Gasteiger partial charge in [0.15, 0.2) is 5.82 Å². The number of carbonyl (C=O) groups excluding carboxylic acids is 2. The first-order valence-electron chi connectivity index (χ1n) is 9.50. The molecule has 0 radical (unpaired) electrons. The Kier molecular flexibility index (Phi) is 4.51. The number of fused-ring (bicyclic) bond motifs is 1. The standard InChI is InChI=1S/C19H26N6O2/c1-12(2)15-11-24(9-7-20-15)13-4-5-14-16(10-13)23(3)22-18(14)25-8-6-17(26)21-19(25)27/h4-5,10,12,15,20H,6-9,11H2,1-3H3,(H,21,26,27)/t15-/m0/s1. The minimum Gasteiger partial charge on any atom is -0.369 e. The lowest BCUT2D eigenvalue weighted by Gasteiger charge is -2.37. The number of hydrogen-bond acceptors (Lipinski definition) is 5. The number of benzene rings is 1. The van der Waals surface area contributed by atoms with Gasteiger partial charge in [-0.15, -0.1) is 0 Å². The molecular weight excluding hydrogens is 344 g/mol. The average molecular weight is 370 g/mol. The van der Waals surface area contributed by atoms with Crippen molar-refractivity contribution < 1.29 is 9.59 Å². The van der Waals surface area contributed by atoms with Crippen molar-refractivity contribution in [2.24, 2.45) is 13.0 Å². The topological polar surface area (TPSA) is 82.5 Å². The van der Waals surface area contributed by atoms with E-state index in [4.69, 9.17) is 0 Å². The van der Waals surface area contributed by atoms with Crippen LogP contribution in [-0.2, 0) is 11.8 Å². The molecule has 1 atom stereocenters. The molecule has 0 saturated carbocycles. The molecule has 8 nitrogen and oxygen atoms in total. The van der Waals surface area contributed by atoms with Crippen molar-refractivity contribution in [1.29, 1.82) is 0 Å². The van der Waals surface area contributed by atoms with E-state index >= 15 is 0 Å². The van der Waals surface area contributed by atoms with Crippen LogP contribution in [0.2, 0.25) is 0 Å². The van der Waals surface area contributed by atoms with Crippen LogP contribution in [0.1, 0.15) is 20.3 Å². The first-order valence-corrected chi connectivity index (χ1v) is 9.50. The fourth-order valence-electron chi connectivity index (χ4n) is 3.85. The van der Waals surface area contributed by atoms with Crippen molar-refractivity contribution in [3.8, 4) is 0 Å². The SMILES string of the molecule is CC(C)[C@@H]1CN(c2ccc3c(N4CCC(=O)NC4=O)nn(C)c3c2)CCN1. The fourth-order valence-corrected chi connectivity index (χ4v) is 3.85. The maximum absolute atomic E-state index is 12.2. The molecule has 2 aromatic rings. The lowest BCUT2D eigenvalue weighted by molar-refractivity contribution is -0.120. The molecule has 0 unspecified atom stereocenters. The van der Waals surface area contributed by atoms with Gasteiger partial charge in [-0.2, -0.15) is 5.10 Å². The third-order valence-corrected chi connectivity index (χ3v) is 5.50. The van der Waals surface area contributed by atoms with Gasteiger partial charge in [0.05, 0.1) is 5.52 Å². The van der Waals surface area contributed by atoms with E-state index in [9.17, 15) is 9.59 Å². The third kappa shape index (κ3) is 3.25. The molecule has 2 saturated heterocycles. The average Bonchev–Trinajstić information content (AvgIpc) is 2.98. The molecule has 3 amide bonds. The first kappa shape index (κ1) is 17.8. The zero-order valence-corrected chi connectivity index (χ0v) is 16.0. The van der Waals surface area contributed by atoms with Gasteiger partial charge in [0.25, 0.3) is 0 Å². The minimum atomic E-state index is -0.405. The second-order valence-electron chi connectivity index (χ2n) is 7.65. The van der Waals surface area contributed by atoms with E-state index in [1.807, 2.05) is 13.1 Å². The predicted octanol–water partition coefficient (Wildman–Crippen LogP) is 1.45. The van der Waals surface area contributed by atoms with E-state index in [1.54, 1.807) is 9.58 Å². The number of nitrogens with one attached hydrogen (secondary N) is 2. The molecule has 0 bridgehead atoms. The molecule has 0 aliphatic carbocycles. The zero-order valence-electron chi connectivity index (χ0n) is 16.0. The molecule has 2 aliphatic rings. The van der Waals surface area contributed by atoms with Gasteiger partial charge >= 0.3 is 6.03 Å². The summed E-state index contributed by atoms with van der Waals surface area (Å²) in [6.45, 7) is 7.75. The van der Waals surface area contributed by atoms with Crippen molar-refractivity contribution in [2.75, 3.05) is 36.0 Å². The molecule has 2 aliphatic heterocycles. The number of imide groups is 1. The number of aromatic nitrogens is 2. The van der Waals surface area contributed by atoms with Gasteiger partial charge in [0.2, 0.25) is 5.91 Å². The van der Waals surface area contributed by atoms with E-state index in [0.717, 1.165) is 30.5 Å². The maximum atomic E-state index is 12.2. The summed E-state index contributed by atoms with van der Waals surface area (Å²) in [5.74, 6) is 0.946. The zero-order chi connectivity index (χ0) is 19.1. The summed E-state index contributed by atoms with van der Waals surface area (Å²) in [5, 5.41) is 11.4. The van der Waals surface area contributed by atoms with Crippen molar-refractivity contribution in [1.82, 2.24) is 20.4 Å². The molecule has 0 spiro atoms. The molecule has 144 valence electrons. The first-order chi connectivity index (χ1) is 12.9. The summed E-state index contributed by atoms with van der Waals surface area (Å²) in [6.07, 6.45) is 0.291. The van der Waals surface area contributed by atoms with Crippen LogP contribution < -0.4 is 20.4 Å². The van der Waals surface area contributed by atoms with Gasteiger partial charge in [-0.25, -0.2) is 4.79 Å². The number of rotatable bonds is 3. The fraction of sp³-hybridized carbons (Fsp3) is 0.526. The van der Waals surface area contributed by atoms with Gasteiger partial charge in [-0.1, -0.05) is 13.8 Å². The smallest absolute Gasteiger partial charge is 0.329 e. The van der Waals surface area contributed by atoms with Crippen molar-refractivity contribution >= 4 is 34.3 Å². The van der Waals surface area contributed by atoms with E-state index < -0.39 is 6.03 Å². The summed E-state index contributed by atoms with van der Waals surface area (Å²) < 4.78 is 1.81. The van der Waals surface area contributed by atoms with Crippen LogP contribution in [0.3, 0.4) is 0 Å². The Morgan fingerprint density at radius 2 is 2.04 bits per heavy atom. The lowest BCUT2D eigenvalue weighted by atomic mass is 10.0. The Hall–Kier alpha value is -2.61. The Bertz CT molecular complexity index is 890. The third-order valence-electron chi connectivity index (χ3n) is 5.50. The maximum Gasteiger partial charge on any atom is 0.329 e.